The Hall–Kier alpha value is -2.82. The molecule has 2 aromatic carbocycles. The number of nitrogens with one attached hydrogen (secondary N) is 2. The minimum Gasteiger partial charge on any atom is -0.398 e. The molecule has 0 bridgehead atoms. The van der Waals surface area contributed by atoms with Gasteiger partial charge in [-0.25, -0.2) is 4.98 Å². The molecular weight excluding hydrogens is 252 g/mol. The largest absolute Gasteiger partial charge is 0.398 e. The van der Waals surface area contributed by atoms with Crippen LogP contribution >= 0.6 is 0 Å². The van der Waals surface area contributed by atoms with Crippen molar-refractivity contribution in [2.24, 2.45) is 0 Å². The summed E-state index contributed by atoms with van der Waals surface area (Å²) in [5.74, 6) is 0.502. The van der Waals surface area contributed by atoms with Crippen LogP contribution in [0.1, 0.15) is 16.2 Å². The summed E-state index contributed by atoms with van der Waals surface area (Å²) in [6.07, 6.45) is 3.36. The van der Waals surface area contributed by atoms with Gasteiger partial charge in [0.1, 0.15) is 5.82 Å². The second-order valence-corrected chi connectivity index (χ2v) is 4.51. The highest BCUT2D eigenvalue weighted by molar-refractivity contribution is 6.03. The van der Waals surface area contributed by atoms with E-state index in [1.165, 1.54) is 0 Å². The molecule has 5 heteroatoms. The third-order valence-corrected chi connectivity index (χ3v) is 3.13. The molecule has 0 atom stereocenters. The van der Waals surface area contributed by atoms with Crippen molar-refractivity contribution < 1.29 is 4.79 Å². The normalized spacial score (nSPS) is 10.6. The lowest BCUT2D eigenvalue weighted by Crippen LogP contribution is -2.24. The SMILES string of the molecule is Nc1cc2ccccc2cc1C(=O)NCc1ncc[nH]1. The molecule has 0 saturated carbocycles. The first-order valence-corrected chi connectivity index (χ1v) is 6.29. The number of nitrogen functional groups attached to an aromatic ring is 1. The zero-order valence-electron chi connectivity index (χ0n) is 10.8. The number of nitrogens with two attached hydrogens (primary N) is 1. The van der Waals surface area contributed by atoms with Crippen molar-refractivity contribution in [3.8, 4) is 0 Å². The van der Waals surface area contributed by atoms with Gasteiger partial charge in [0.25, 0.3) is 5.91 Å². The van der Waals surface area contributed by atoms with Crippen LogP contribution < -0.4 is 11.1 Å². The quantitative estimate of drug-likeness (QED) is 0.634. The highest BCUT2D eigenvalue weighted by atomic mass is 16.1. The zero-order chi connectivity index (χ0) is 13.9. The van der Waals surface area contributed by atoms with Crippen molar-refractivity contribution >= 4 is 22.4 Å². The van der Waals surface area contributed by atoms with E-state index in [9.17, 15) is 4.79 Å². The summed E-state index contributed by atoms with van der Waals surface area (Å²) in [4.78, 5) is 19.2. The number of carbonyl (C=O) groups is 1. The zero-order valence-corrected chi connectivity index (χ0v) is 10.8. The summed E-state index contributed by atoms with van der Waals surface area (Å²) in [5, 5.41) is 4.81. The van der Waals surface area contributed by atoms with E-state index in [4.69, 9.17) is 5.73 Å². The molecule has 1 heterocycles. The van der Waals surface area contributed by atoms with E-state index in [0.29, 0.717) is 23.6 Å². The highest BCUT2D eigenvalue weighted by Crippen LogP contribution is 2.21. The number of aromatic nitrogens is 2. The smallest absolute Gasteiger partial charge is 0.253 e. The highest BCUT2D eigenvalue weighted by Gasteiger charge is 2.11. The Kier molecular flexibility index (Phi) is 3.09. The molecule has 0 aliphatic carbocycles. The van der Waals surface area contributed by atoms with Crippen LogP contribution in [0.3, 0.4) is 0 Å². The monoisotopic (exact) mass is 266 g/mol. The molecule has 3 rings (SSSR count). The van der Waals surface area contributed by atoms with Crippen LogP contribution in [0.4, 0.5) is 5.69 Å². The van der Waals surface area contributed by atoms with E-state index in [0.717, 1.165) is 10.8 Å². The molecule has 3 aromatic rings. The number of anilines is 1. The van der Waals surface area contributed by atoms with Crippen molar-refractivity contribution in [1.29, 1.82) is 0 Å². The van der Waals surface area contributed by atoms with Gasteiger partial charge < -0.3 is 16.0 Å². The molecule has 20 heavy (non-hydrogen) atoms. The predicted octanol–water partition coefficient (Wildman–Crippen LogP) is 2.08. The van der Waals surface area contributed by atoms with Gasteiger partial charge in [0.15, 0.2) is 0 Å². The second kappa shape index (κ2) is 5.05. The number of rotatable bonds is 3. The van der Waals surface area contributed by atoms with E-state index < -0.39 is 0 Å². The Morgan fingerprint density at radius 3 is 2.70 bits per heavy atom. The number of nitrogens with zero attached hydrogens (tertiary/aromatic N) is 1. The van der Waals surface area contributed by atoms with E-state index in [2.05, 4.69) is 15.3 Å². The Balaban J connectivity index is 1.85. The van der Waals surface area contributed by atoms with Gasteiger partial charge in [-0.2, -0.15) is 0 Å². The standard InChI is InChI=1S/C15H14N4O/c16-13-8-11-4-2-1-3-10(11)7-12(13)15(20)19-9-14-17-5-6-18-14/h1-8H,9,16H2,(H,17,18)(H,19,20). The van der Waals surface area contributed by atoms with Crippen LogP contribution in [0.15, 0.2) is 48.8 Å². The van der Waals surface area contributed by atoms with E-state index in [1.807, 2.05) is 36.4 Å². The second-order valence-electron chi connectivity index (χ2n) is 4.51. The maximum Gasteiger partial charge on any atom is 0.253 e. The number of benzene rings is 2. The maximum atomic E-state index is 12.2. The van der Waals surface area contributed by atoms with E-state index in [-0.39, 0.29) is 5.91 Å². The van der Waals surface area contributed by atoms with Crippen LogP contribution in [0.2, 0.25) is 0 Å². The summed E-state index contributed by atoms with van der Waals surface area (Å²) in [6, 6.07) is 11.4. The molecule has 1 aromatic heterocycles. The molecular formula is C15H14N4O. The van der Waals surface area contributed by atoms with Gasteiger partial charge in [-0.3, -0.25) is 4.79 Å². The number of aromatic amines is 1. The van der Waals surface area contributed by atoms with Gasteiger partial charge in [-0.1, -0.05) is 24.3 Å². The summed E-state index contributed by atoms with van der Waals surface area (Å²) >= 11 is 0. The fourth-order valence-electron chi connectivity index (χ4n) is 2.11. The average molecular weight is 266 g/mol. The van der Waals surface area contributed by atoms with E-state index in [1.54, 1.807) is 12.4 Å². The lowest BCUT2D eigenvalue weighted by molar-refractivity contribution is 0.0951. The van der Waals surface area contributed by atoms with Crippen LogP contribution in [0.5, 0.6) is 0 Å². The molecule has 4 N–H and O–H groups in total. The van der Waals surface area contributed by atoms with Crippen molar-refractivity contribution in [1.82, 2.24) is 15.3 Å². The number of H-pyrrole nitrogens is 1. The average Bonchev–Trinajstić information content (AvgIpc) is 2.97. The summed E-state index contributed by atoms with van der Waals surface area (Å²) in [6.45, 7) is 0.345. The Bertz CT molecular complexity index is 750. The number of amides is 1. The third kappa shape index (κ3) is 2.33. The Labute approximate surface area is 115 Å². The van der Waals surface area contributed by atoms with Gasteiger partial charge in [-0.05, 0) is 22.9 Å². The van der Waals surface area contributed by atoms with E-state index >= 15 is 0 Å². The molecule has 0 radical (unpaired) electrons. The molecule has 5 nitrogen and oxygen atoms in total. The Morgan fingerprint density at radius 1 is 1.25 bits per heavy atom. The number of imidazole rings is 1. The summed E-state index contributed by atoms with van der Waals surface area (Å²) < 4.78 is 0. The first-order valence-electron chi connectivity index (χ1n) is 6.29. The lowest BCUT2D eigenvalue weighted by Gasteiger charge is -2.08. The van der Waals surface area contributed by atoms with Gasteiger partial charge in [-0.15, -0.1) is 0 Å². The fraction of sp³-hybridized carbons (Fsp3) is 0.0667. The molecule has 0 unspecified atom stereocenters. The minimum atomic E-state index is -0.204. The topological polar surface area (TPSA) is 83.8 Å². The summed E-state index contributed by atoms with van der Waals surface area (Å²) in [5.41, 5.74) is 6.91. The van der Waals surface area contributed by atoms with Crippen molar-refractivity contribution in [3.05, 3.63) is 60.2 Å². The Morgan fingerprint density at radius 2 is 2.00 bits per heavy atom. The number of fused-ring (bicyclic) bond motifs is 1. The fourth-order valence-corrected chi connectivity index (χ4v) is 2.11. The van der Waals surface area contributed by atoms with Gasteiger partial charge in [0.05, 0.1) is 12.1 Å². The first kappa shape index (κ1) is 12.2. The lowest BCUT2D eigenvalue weighted by atomic mass is 10.0. The number of carbonyl (C=O) groups excluding carboxylic acids is 1. The molecule has 1 amide bonds. The van der Waals surface area contributed by atoms with Gasteiger partial charge in [0.2, 0.25) is 0 Å². The molecule has 0 saturated heterocycles. The molecule has 0 fully saturated rings. The molecule has 0 spiro atoms. The van der Waals surface area contributed by atoms with Crippen LogP contribution in [-0.2, 0) is 6.54 Å². The third-order valence-electron chi connectivity index (χ3n) is 3.13. The number of hydrogen-bond acceptors (Lipinski definition) is 3. The van der Waals surface area contributed by atoms with Gasteiger partial charge >= 0.3 is 0 Å². The molecule has 100 valence electrons. The minimum absolute atomic E-state index is 0.204. The summed E-state index contributed by atoms with van der Waals surface area (Å²) in [7, 11) is 0. The molecule has 0 aliphatic heterocycles. The first-order chi connectivity index (χ1) is 9.74. The van der Waals surface area contributed by atoms with Crippen LogP contribution in [0, 0.1) is 0 Å². The van der Waals surface area contributed by atoms with Crippen molar-refractivity contribution in [2.75, 3.05) is 5.73 Å². The van der Waals surface area contributed by atoms with Crippen molar-refractivity contribution in [2.45, 2.75) is 6.54 Å². The predicted molar refractivity (Wildman–Crippen MR) is 78.1 cm³/mol. The van der Waals surface area contributed by atoms with Crippen molar-refractivity contribution in [3.63, 3.8) is 0 Å². The van der Waals surface area contributed by atoms with Crippen LogP contribution in [0.25, 0.3) is 10.8 Å². The van der Waals surface area contributed by atoms with Crippen LogP contribution in [-0.4, -0.2) is 15.9 Å². The number of hydrogen-bond donors (Lipinski definition) is 3. The maximum absolute atomic E-state index is 12.2. The molecule has 0 aliphatic rings. The van der Waals surface area contributed by atoms with Gasteiger partial charge in [0, 0.05) is 18.1 Å².